The Balaban J connectivity index is 2.45. The van der Waals surface area contributed by atoms with Gasteiger partial charge in [-0.3, -0.25) is 9.59 Å². The van der Waals surface area contributed by atoms with Crippen LogP contribution in [0.2, 0.25) is 0 Å². The second kappa shape index (κ2) is 6.03. The molecule has 1 aromatic rings. The van der Waals surface area contributed by atoms with Crippen LogP contribution >= 0.6 is 0 Å². The van der Waals surface area contributed by atoms with Crippen molar-refractivity contribution in [3.8, 4) is 5.75 Å². The van der Waals surface area contributed by atoms with E-state index in [2.05, 4.69) is 0 Å². The van der Waals surface area contributed by atoms with Gasteiger partial charge in [0.1, 0.15) is 5.75 Å². The highest BCUT2D eigenvalue weighted by atomic mass is 16.5. The van der Waals surface area contributed by atoms with Gasteiger partial charge in [0, 0.05) is 12.8 Å². The van der Waals surface area contributed by atoms with Crippen molar-refractivity contribution in [1.29, 1.82) is 0 Å². The Morgan fingerprint density at radius 2 is 1.88 bits per heavy atom. The summed E-state index contributed by atoms with van der Waals surface area (Å²) in [4.78, 5) is 21.6. The SMILES string of the molecule is Cc1ccc(OC(=O)CCCC(=O)O)cc1C. The zero-order valence-corrected chi connectivity index (χ0v) is 10.0. The molecule has 1 rings (SSSR count). The van der Waals surface area contributed by atoms with Gasteiger partial charge in [-0.25, -0.2) is 0 Å². The summed E-state index contributed by atoms with van der Waals surface area (Å²) in [7, 11) is 0. The molecule has 0 fully saturated rings. The number of carbonyl (C=O) groups excluding carboxylic acids is 1. The molecule has 0 aliphatic carbocycles. The average molecular weight is 236 g/mol. The molecule has 0 spiro atoms. The second-order valence-corrected chi connectivity index (χ2v) is 3.97. The predicted molar refractivity (Wildman–Crippen MR) is 63.0 cm³/mol. The van der Waals surface area contributed by atoms with Gasteiger partial charge >= 0.3 is 11.9 Å². The van der Waals surface area contributed by atoms with Crippen LogP contribution in [0.25, 0.3) is 0 Å². The molecule has 0 radical (unpaired) electrons. The van der Waals surface area contributed by atoms with Gasteiger partial charge < -0.3 is 9.84 Å². The number of rotatable bonds is 5. The van der Waals surface area contributed by atoms with Crippen LogP contribution in [0.1, 0.15) is 30.4 Å². The number of ether oxygens (including phenoxy) is 1. The van der Waals surface area contributed by atoms with E-state index in [1.165, 1.54) is 0 Å². The fourth-order valence-corrected chi connectivity index (χ4v) is 1.34. The Morgan fingerprint density at radius 1 is 1.18 bits per heavy atom. The molecule has 1 aromatic carbocycles. The summed E-state index contributed by atoms with van der Waals surface area (Å²) in [6, 6.07) is 5.41. The molecule has 4 nitrogen and oxygen atoms in total. The molecule has 0 saturated carbocycles. The van der Waals surface area contributed by atoms with E-state index in [1.54, 1.807) is 12.1 Å². The minimum atomic E-state index is -0.899. The van der Waals surface area contributed by atoms with Gasteiger partial charge in [-0.2, -0.15) is 0 Å². The van der Waals surface area contributed by atoms with E-state index in [4.69, 9.17) is 9.84 Å². The highest BCUT2D eigenvalue weighted by Crippen LogP contribution is 2.17. The minimum Gasteiger partial charge on any atom is -0.481 e. The normalized spacial score (nSPS) is 10.0. The summed E-state index contributed by atoms with van der Waals surface area (Å²) >= 11 is 0. The summed E-state index contributed by atoms with van der Waals surface area (Å²) in [5.74, 6) is -0.785. The third-order valence-electron chi connectivity index (χ3n) is 2.48. The lowest BCUT2D eigenvalue weighted by Gasteiger charge is -2.06. The van der Waals surface area contributed by atoms with E-state index in [0.29, 0.717) is 12.2 Å². The Labute approximate surface area is 100 Å². The third kappa shape index (κ3) is 4.68. The van der Waals surface area contributed by atoms with E-state index in [-0.39, 0.29) is 12.8 Å². The van der Waals surface area contributed by atoms with Crippen molar-refractivity contribution in [3.05, 3.63) is 29.3 Å². The van der Waals surface area contributed by atoms with Crippen molar-refractivity contribution in [3.63, 3.8) is 0 Å². The predicted octanol–water partition coefficient (Wildman–Crippen LogP) is 2.46. The quantitative estimate of drug-likeness (QED) is 0.630. The number of carbonyl (C=O) groups is 2. The largest absolute Gasteiger partial charge is 0.481 e. The molecule has 0 saturated heterocycles. The molecule has 0 aliphatic rings. The Hall–Kier alpha value is -1.84. The number of benzene rings is 1. The van der Waals surface area contributed by atoms with Crippen LogP contribution in [-0.2, 0) is 9.59 Å². The van der Waals surface area contributed by atoms with Crippen LogP contribution in [0.4, 0.5) is 0 Å². The standard InChI is InChI=1S/C13H16O4/c1-9-6-7-11(8-10(9)2)17-13(16)5-3-4-12(14)15/h6-8H,3-5H2,1-2H3,(H,14,15). The highest BCUT2D eigenvalue weighted by Gasteiger charge is 2.07. The lowest BCUT2D eigenvalue weighted by Crippen LogP contribution is -2.08. The van der Waals surface area contributed by atoms with Crippen molar-refractivity contribution < 1.29 is 19.4 Å². The van der Waals surface area contributed by atoms with E-state index in [9.17, 15) is 9.59 Å². The van der Waals surface area contributed by atoms with Gasteiger partial charge in [0.05, 0.1) is 0 Å². The molecule has 1 N–H and O–H groups in total. The number of esters is 1. The smallest absolute Gasteiger partial charge is 0.311 e. The van der Waals surface area contributed by atoms with Gasteiger partial charge in [0.2, 0.25) is 0 Å². The molecule has 0 atom stereocenters. The number of carboxylic acids is 1. The maximum atomic E-state index is 11.4. The van der Waals surface area contributed by atoms with Gasteiger partial charge in [0.15, 0.2) is 0 Å². The highest BCUT2D eigenvalue weighted by molar-refractivity contribution is 5.73. The average Bonchev–Trinajstić information content (AvgIpc) is 2.23. The number of hydrogen-bond donors (Lipinski definition) is 1. The summed E-state index contributed by atoms with van der Waals surface area (Å²) in [6.45, 7) is 3.92. The fourth-order valence-electron chi connectivity index (χ4n) is 1.34. The van der Waals surface area contributed by atoms with E-state index in [0.717, 1.165) is 11.1 Å². The van der Waals surface area contributed by atoms with Crippen LogP contribution in [0, 0.1) is 13.8 Å². The molecule has 0 aromatic heterocycles. The number of hydrogen-bond acceptors (Lipinski definition) is 3. The zero-order chi connectivity index (χ0) is 12.8. The summed E-state index contributed by atoms with van der Waals surface area (Å²) in [6.07, 6.45) is 0.417. The molecule has 0 heterocycles. The van der Waals surface area contributed by atoms with Crippen molar-refractivity contribution in [1.82, 2.24) is 0 Å². The molecular weight excluding hydrogens is 220 g/mol. The fraction of sp³-hybridized carbons (Fsp3) is 0.385. The van der Waals surface area contributed by atoms with Gasteiger partial charge in [-0.1, -0.05) is 6.07 Å². The molecule has 92 valence electrons. The van der Waals surface area contributed by atoms with Crippen molar-refractivity contribution in [2.24, 2.45) is 0 Å². The Kier molecular flexibility index (Phi) is 4.69. The minimum absolute atomic E-state index is 0.0119. The lowest BCUT2D eigenvalue weighted by molar-refractivity contribution is -0.137. The summed E-state index contributed by atoms with van der Waals surface area (Å²) < 4.78 is 5.10. The van der Waals surface area contributed by atoms with Crippen LogP contribution in [-0.4, -0.2) is 17.0 Å². The van der Waals surface area contributed by atoms with E-state index in [1.807, 2.05) is 19.9 Å². The van der Waals surface area contributed by atoms with Gasteiger partial charge in [-0.15, -0.1) is 0 Å². The first kappa shape index (κ1) is 13.2. The molecule has 0 aliphatic heterocycles. The van der Waals surface area contributed by atoms with Gasteiger partial charge in [0.25, 0.3) is 0 Å². The topological polar surface area (TPSA) is 63.6 Å². The van der Waals surface area contributed by atoms with Gasteiger partial charge in [-0.05, 0) is 43.5 Å². The summed E-state index contributed by atoms with van der Waals surface area (Å²) in [5, 5.41) is 8.43. The number of aryl methyl sites for hydroxylation is 2. The number of aliphatic carboxylic acids is 1. The lowest BCUT2D eigenvalue weighted by atomic mass is 10.1. The van der Waals surface area contributed by atoms with Crippen molar-refractivity contribution in [2.75, 3.05) is 0 Å². The monoisotopic (exact) mass is 236 g/mol. The molecule has 0 bridgehead atoms. The zero-order valence-electron chi connectivity index (χ0n) is 10.0. The summed E-state index contributed by atoms with van der Waals surface area (Å²) in [5.41, 5.74) is 2.19. The van der Waals surface area contributed by atoms with Crippen LogP contribution in [0.5, 0.6) is 5.75 Å². The molecule has 17 heavy (non-hydrogen) atoms. The first-order valence-electron chi connectivity index (χ1n) is 5.49. The maximum absolute atomic E-state index is 11.4. The second-order valence-electron chi connectivity index (χ2n) is 3.97. The molecule has 4 heteroatoms. The first-order valence-corrected chi connectivity index (χ1v) is 5.49. The number of carboxylic acid groups (broad SMARTS) is 1. The third-order valence-corrected chi connectivity index (χ3v) is 2.48. The molecular formula is C13H16O4. The molecule has 0 amide bonds. The Morgan fingerprint density at radius 3 is 2.47 bits per heavy atom. The van der Waals surface area contributed by atoms with E-state index >= 15 is 0 Å². The Bertz CT molecular complexity index is 423. The van der Waals surface area contributed by atoms with Crippen LogP contribution in [0.15, 0.2) is 18.2 Å². The van der Waals surface area contributed by atoms with Crippen LogP contribution < -0.4 is 4.74 Å². The van der Waals surface area contributed by atoms with Crippen molar-refractivity contribution in [2.45, 2.75) is 33.1 Å². The van der Waals surface area contributed by atoms with Crippen LogP contribution in [0.3, 0.4) is 0 Å². The molecule has 0 unspecified atom stereocenters. The maximum Gasteiger partial charge on any atom is 0.311 e. The van der Waals surface area contributed by atoms with Crippen molar-refractivity contribution >= 4 is 11.9 Å². The van der Waals surface area contributed by atoms with E-state index < -0.39 is 11.9 Å². The first-order chi connectivity index (χ1) is 7.99.